The molecule has 0 aromatic heterocycles. The van der Waals surface area contributed by atoms with E-state index in [-0.39, 0.29) is 5.44 Å². The normalized spacial score (nSPS) is 41.2. The first-order chi connectivity index (χ1) is 8.45. The molecule has 2 heterocycles. The minimum absolute atomic E-state index is 0.341. The molecular weight excluding hydrogens is 256 g/mol. The average Bonchev–Trinajstić information content (AvgIpc) is 2.77. The highest BCUT2D eigenvalue weighted by atomic mass is 32.2. The SMILES string of the molecule is CCC(O)C1OC2SC(N(C)C)=NC2C(O)C1O. The molecular formula is C11H20N2O4S. The van der Waals surface area contributed by atoms with E-state index >= 15 is 0 Å². The molecule has 1 fully saturated rings. The predicted molar refractivity (Wildman–Crippen MR) is 69.5 cm³/mol. The zero-order valence-electron chi connectivity index (χ0n) is 10.7. The van der Waals surface area contributed by atoms with Gasteiger partial charge in [-0.3, -0.25) is 4.99 Å². The van der Waals surface area contributed by atoms with Crippen molar-refractivity contribution in [1.29, 1.82) is 0 Å². The lowest BCUT2D eigenvalue weighted by molar-refractivity contribution is -0.185. The predicted octanol–water partition coefficient (Wildman–Crippen LogP) is -0.763. The van der Waals surface area contributed by atoms with Gasteiger partial charge in [0.15, 0.2) is 5.17 Å². The summed E-state index contributed by atoms with van der Waals surface area (Å²) in [4.78, 5) is 6.19. The third-order valence-corrected chi connectivity index (χ3v) is 4.57. The van der Waals surface area contributed by atoms with Gasteiger partial charge in [0.1, 0.15) is 29.8 Å². The van der Waals surface area contributed by atoms with Crippen LogP contribution in [0.5, 0.6) is 0 Å². The van der Waals surface area contributed by atoms with Gasteiger partial charge in [-0.2, -0.15) is 0 Å². The molecule has 18 heavy (non-hydrogen) atoms. The highest BCUT2D eigenvalue weighted by Crippen LogP contribution is 2.37. The fraction of sp³-hybridized carbons (Fsp3) is 0.909. The van der Waals surface area contributed by atoms with Gasteiger partial charge in [0, 0.05) is 14.1 Å². The molecule has 104 valence electrons. The molecule has 2 aliphatic heterocycles. The van der Waals surface area contributed by atoms with Crippen molar-refractivity contribution in [1.82, 2.24) is 4.90 Å². The highest BCUT2D eigenvalue weighted by molar-refractivity contribution is 8.14. The van der Waals surface area contributed by atoms with Crippen LogP contribution in [0.4, 0.5) is 0 Å². The third kappa shape index (κ3) is 2.37. The molecule has 6 atom stereocenters. The van der Waals surface area contributed by atoms with Gasteiger partial charge in [-0.05, 0) is 6.42 Å². The van der Waals surface area contributed by atoms with Crippen LogP contribution in [0.2, 0.25) is 0 Å². The molecule has 0 saturated carbocycles. The summed E-state index contributed by atoms with van der Waals surface area (Å²) in [5, 5.41) is 30.6. The number of thioether (sulfide) groups is 1. The molecule has 0 bridgehead atoms. The lowest BCUT2D eigenvalue weighted by Gasteiger charge is -2.40. The first-order valence-electron chi connectivity index (χ1n) is 6.07. The van der Waals surface area contributed by atoms with Crippen LogP contribution in [-0.2, 0) is 4.74 Å². The average molecular weight is 276 g/mol. The van der Waals surface area contributed by atoms with Crippen molar-refractivity contribution >= 4 is 16.9 Å². The lowest BCUT2D eigenvalue weighted by atomic mass is 9.94. The van der Waals surface area contributed by atoms with Crippen molar-refractivity contribution in [2.45, 2.75) is 49.2 Å². The minimum atomic E-state index is -1.10. The fourth-order valence-corrected chi connectivity index (χ4v) is 3.29. The summed E-state index contributed by atoms with van der Waals surface area (Å²) >= 11 is 1.41. The van der Waals surface area contributed by atoms with Crippen molar-refractivity contribution < 1.29 is 20.1 Å². The molecule has 0 spiro atoms. The molecule has 6 nitrogen and oxygen atoms in total. The molecule has 0 radical (unpaired) electrons. The Morgan fingerprint density at radius 1 is 1.39 bits per heavy atom. The number of nitrogens with zero attached hydrogens (tertiary/aromatic N) is 2. The quantitative estimate of drug-likeness (QED) is 0.614. The van der Waals surface area contributed by atoms with E-state index in [2.05, 4.69) is 4.99 Å². The van der Waals surface area contributed by atoms with Crippen LogP contribution < -0.4 is 0 Å². The second-order valence-electron chi connectivity index (χ2n) is 4.84. The molecule has 0 aromatic rings. The zero-order chi connectivity index (χ0) is 13.4. The number of aliphatic hydroxyl groups excluding tert-OH is 3. The van der Waals surface area contributed by atoms with Crippen molar-refractivity contribution in [2.24, 2.45) is 4.99 Å². The Morgan fingerprint density at radius 3 is 2.61 bits per heavy atom. The Labute approximate surface area is 111 Å². The van der Waals surface area contributed by atoms with Crippen molar-refractivity contribution in [3.05, 3.63) is 0 Å². The van der Waals surface area contributed by atoms with E-state index in [0.29, 0.717) is 6.42 Å². The molecule has 0 aromatic carbocycles. The zero-order valence-corrected chi connectivity index (χ0v) is 11.5. The van der Waals surface area contributed by atoms with Gasteiger partial charge in [0.2, 0.25) is 0 Å². The van der Waals surface area contributed by atoms with Crippen molar-refractivity contribution in [3.8, 4) is 0 Å². The standard InChI is InChI=1S/C11H20N2O4S/c1-4-5(14)9-8(16)7(15)6-10(17-9)18-11(12-6)13(2)3/h5-10,14-16H,4H2,1-3H3. The van der Waals surface area contributed by atoms with Crippen LogP contribution in [0.25, 0.3) is 0 Å². The Kier molecular flexibility index (Phi) is 4.18. The van der Waals surface area contributed by atoms with Gasteiger partial charge in [-0.1, -0.05) is 18.7 Å². The van der Waals surface area contributed by atoms with E-state index < -0.39 is 30.5 Å². The molecule has 2 aliphatic rings. The maximum absolute atomic E-state index is 10.1. The second-order valence-corrected chi connectivity index (χ2v) is 5.91. The van der Waals surface area contributed by atoms with E-state index in [1.54, 1.807) is 0 Å². The van der Waals surface area contributed by atoms with Gasteiger partial charge in [0.05, 0.1) is 6.10 Å². The van der Waals surface area contributed by atoms with Gasteiger partial charge >= 0.3 is 0 Å². The summed E-state index contributed by atoms with van der Waals surface area (Å²) in [5.74, 6) is 0. The van der Waals surface area contributed by atoms with Crippen LogP contribution in [0.15, 0.2) is 4.99 Å². The third-order valence-electron chi connectivity index (χ3n) is 3.27. The lowest BCUT2D eigenvalue weighted by Crippen LogP contribution is -2.58. The van der Waals surface area contributed by atoms with Crippen molar-refractivity contribution in [2.75, 3.05) is 14.1 Å². The summed E-state index contributed by atoms with van der Waals surface area (Å²) in [6, 6.07) is -0.470. The van der Waals surface area contributed by atoms with Crippen molar-refractivity contribution in [3.63, 3.8) is 0 Å². The molecule has 2 rings (SSSR count). The van der Waals surface area contributed by atoms with Gasteiger partial charge in [-0.25, -0.2) is 0 Å². The topological polar surface area (TPSA) is 85.5 Å². The summed E-state index contributed by atoms with van der Waals surface area (Å²) in [6.07, 6.45) is -3.17. The maximum atomic E-state index is 10.1. The van der Waals surface area contributed by atoms with E-state index in [4.69, 9.17) is 4.74 Å². The molecule has 3 N–H and O–H groups in total. The van der Waals surface area contributed by atoms with E-state index in [1.165, 1.54) is 11.8 Å². The Bertz CT molecular complexity index is 339. The molecule has 0 aliphatic carbocycles. The number of fused-ring (bicyclic) bond motifs is 1. The van der Waals surface area contributed by atoms with Crippen LogP contribution in [0.3, 0.4) is 0 Å². The maximum Gasteiger partial charge on any atom is 0.161 e. The Morgan fingerprint density at radius 2 is 2.06 bits per heavy atom. The van der Waals surface area contributed by atoms with Crippen LogP contribution >= 0.6 is 11.8 Å². The number of aliphatic imine (C=N–C) groups is 1. The Balaban J connectivity index is 2.14. The molecule has 7 heteroatoms. The smallest absolute Gasteiger partial charge is 0.161 e. The van der Waals surface area contributed by atoms with Gasteiger partial charge in [0.25, 0.3) is 0 Å². The summed E-state index contributed by atoms with van der Waals surface area (Å²) in [6.45, 7) is 1.81. The van der Waals surface area contributed by atoms with Gasteiger partial charge < -0.3 is 25.0 Å². The number of hydrogen-bond acceptors (Lipinski definition) is 7. The summed E-state index contributed by atoms with van der Waals surface area (Å²) in [7, 11) is 3.73. The fourth-order valence-electron chi connectivity index (χ4n) is 2.14. The first kappa shape index (κ1) is 14.1. The summed E-state index contributed by atoms with van der Waals surface area (Å²) < 4.78 is 5.69. The molecule has 0 amide bonds. The first-order valence-corrected chi connectivity index (χ1v) is 6.95. The number of amidine groups is 1. The number of aliphatic hydroxyl groups is 3. The van der Waals surface area contributed by atoms with Crippen LogP contribution in [0.1, 0.15) is 13.3 Å². The second kappa shape index (κ2) is 5.34. The molecule has 6 unspecified atom stereocenters. The summed E-state index contributed by atoms with van der Waals surface area (Å²) in [5.41, 5.74) is -0.341. The van der Waals surface area contributed by atoms with Gasteiger partial charge in [-0.15, -0.1) is 0 Å². The number of rotatable bonds is 2. The number of hydrogen-bond donors (Lipinski definition) is 3. The largest absolute Gasteiger partial charge is 0.390 e. The van der Waals surface area contributed by atoms with E-state index in [0.717, 1.165) is 5.17 Å². The minimum Gasteiger partial charge on any atom is -0.390 e. The van der Waals surface area contributed by atoms with Crippen LogP contribution in [-0.4, -0.2) is 75.4 Å². The van der Waals surface area contributed by atoms with E-state index in [9.17, 15) is 15.3 Å². The van der Waals surface area contributed by atoms with E-state index in [1.807, 2.05) is 25.9 Å². The Hall–Kier alpha value is -0.340. The van der Waals surface area contributed by atoms with Crippen LogP contribution in [0, 0.1) is 0 Å². The number of ether oxygens (including phenoxy) is 1. The molecule has 1 saturated heterocycles. The monoisotopic (exact) mass is 276 g/mol. The highest BCUT2D eigenvalue weighted by Gasteiger charge is 2.50.